The fraction of sp³-hybridized carbons (Fsp3) is 0.250. The maximum Gasteiger partial charge on any atom is 0.341 e. The standard InChI is InChI=1S/C16H16ClNO3/c1-4-18-10(3)9(2)15(19)13(16(20)21)14(18)11-6-5-7-12(17)8-11/h5-8H,4H2,1-3H3,(H,20,21). The largest absolute Gasteiger partial charge is 0.477 e. The van der Waals surface area contributed by atoms with Gasteiger partial charge >= 0.3 is 5.97 Å². The molecule has 1 aromatic heterocycles. The quantitative estimate of drug-likeness (QED) is 0.944. The summed E-state index contributed by atoms with van der Waals surface area (Å²) in [5, 5.41) is 9.96. The molecule has 0 amide bonds. The Morgan fingerprint density at radius 3 is 2.52 bits per heavy atom. The molecule has 0 aliphatic heterocycles. The van der Waals surface area contributed by atoms with Crippen molar-refractivity contribution in [3.8, 4) is 11.3 Å². The van der Waals surface area contributed by atoms with Gasteiger partial charge in [0.25, 0.3) is 0 Å². The summed E-state index contributed by atoms with van der Waals surface area (Å²) in [6.07, 6.45) is 0. The van der Waals surface area contributed by atoms with Crippen molar-refractivity contribution in [2.45, 2.75) is 27.3 Å². The van der Waals surface area contributed by atoms with Crippen molar-refractivity contribution in [1.82, 2.24) is 4.57 Å². The van der Waals surface area contributed by atoms with E-state index in [1.54, 1.807) is 31.2 Å². The van der Waals surface area contributed by atoms with Gasteiger partial charge in [-0.25, -0.2) is 4.79 Å². The van der Waals surface area contributed by atoms with Gasteiger partial charge in [0.15, 0.2) is 5.43 Å². The number of benzene rings is 1. The molecule has 1 N–H and O–H groups in total. The lowest BCUT2D eigenvalue weighted by Gasteiger charge is -2.19. The van der Waals surface area contributed by atoms with Gasteiger partial charge in [0.1, 0.15) is 5.56 Å². The Hall–Kier alpha value is -2.07. The second-order valence-electron chi connectivity index (χ2n) is 4.82. The normalized spacial score (nSPS) is 10.7. The minimum Gasteiger partial charge on any atom is -0.477 e. The second kappa shape index (κ2) is 5.74. The third-order valence-corrected chi connectivity index (χ3v) is 3.89. The van der Waals surface area contributed by atoms with E-state index in [1.807, 2.05) is 18.4 Å². The van der Waals surface area contributed by atoms with Crippen LogP contribution in [0.15, 0.2) is 29.1 Å². The highest BCUT2D eigenvalue weighted by Gasteiger charge is 2.23. The molecule has 1 heterocycles. The van der Waals surface area contributed by atoms with Crippen LogP contribution in [0.1, 0.15) is 28.5 Å². The van der Waals surface area contributed by atoms with Gasteiger partial charge in [-0.1, -0.05) is 23.7 Å². The molecule has 0 saturated carbocycles. The average molecular weight is 306 g/mol. The number of rotatable bonds is 3. The summed E-state index contributed by atoms with van der Waals surface area (Å²) in [5.74, 6) is -1.22. The van der Waals surface area contributed by atoms with E-state index < -0.39 is 11.4 Å². The van der Waals surface area contributed by atoms with Crippen molar-refractivity contribution in [3.63, 3.8) is 0 Å². The molecule has 2 aromatic rings. The fourth-order valence-corrected chi connectivity index (χ4v) is 2.68. The number of halogens is 1. The molecule has 0 bridgehead atoms. The van der Waals surface area contributed by atoms with Gasteiger partial charge in [-0.3, -0.25) is 4.79 Å². The van der Waals surface area contributed by atoms with Gasteiger partial charge in [0.05, 0.1) is 5.69 Å². The van der Waals surface area contributed by atoms with Crippen molar-refractivity contribution in [3.05, 3.63) is 56.3 Å². The van der Waals surface area contributed by atoms with Crippen LogP contribution in [0, 0.1) is 13.8 Å². The van der Waals surface area contributed by atoms with Crippen LogP contribution in [-0.2, 0) is 6.54 Å². The number of nitrogens with zero attached hydrogens (tertiary/aromatic N) is 1. The van der Waals surface area contributed by atoms with Gasteiger partial charge in [-0.2, -0.15) is 0 Å². The molecule has 2 rings (SSSR count). The number of aromatic carboxylic acids is 1. The predicted molar refractivity (Wildman–Crippen MR) is 83.3 cm³/mol. The number of pyridine rings is 1. The lowest BCUT2D eigenvalue weighted by Crippen LogP contribution is -2.25. The Morgan fingerprint density at radius 2 is 2.00 bits per heavy atom. The molecule has 0 atom stereocenters. The van der Waals surface area contributed by atoms with Gasteiger partial charge < -0.3 is 9.67 Å². The zero-order chi connectivity index (χ0) is 15.7. The summed E-state index contributed by atoms with van der Waals surface area (Å²) >= 11 is 6.00. The van der Waals surface area contributed by atoms with E-state index in [2.05, 4.69) is 0 Å². The maximum atomic E-state index is 12.4. The Morgan fingerprint density at radius 1 is 1.33 bits per heavy atom. The molecule has 21 heavy (non-hydrogen) atoms. The summed E-state index contributed by atoms with van der Waals surface area (Å²) in [6.45, 7) is 5.95. The zero-order valence-electron chi connectivity index (χ0n) is 12.1. The molecule has 1 aromatic carbocycles. The Balaban J connectivity index is 2.98. The summed E-state index contributed by atoms with van der Waals surface area (Å²) in [4.78, 5) is 23.9. The van der Waals surface area contributed by atoms with Crippen LogP contribution in [0.2, 0.25) is 5.02 Å². The lowest BCUT2D eigenvalue weighted by molar-refractivity contribution is 0.0695. The highest BCUT2D eigenvalue weighted by atomic mass is 35.5. The number of carboxylic acids is 1. The van der Waals surface area contributed by atoms with Crippen molar-refractivity contribution in [1.29, 1.82) is 0 Å². The monoisotopic (exact) mass is 305 g/mol. The number of aromatic nitrogens is 1. The third-order valence-electron chi connectivity index (χ3n) is 3.65. The first-order valence-electron chi connectivity index (χ1n) is 6.61. The average Bonchev–Trinajstić information content (AvgIpc) is 2.44. The van der Waals surface area contributed by atoms with E-state index in [0.29, 0.717) is 28.4 Å². The Bertz CT molecular complexity index is 778. The summed E-state index contributed by atoms with van der Waals surface area (Å²) in [6, 6.07) is 6.88. The third kappa shape index (κ3) is 2.59. The van der Waals surface area contributed by atoms with E-state index >= 15 is 0 Å². The Labute approximate surface area is 127 Å². The van der Waals surface area contributed by atoms with Crippen LogP contribution >= 0.6 is 11.6 Å². The zero-order valence-corrected chi connectivity index (χ0v) is 12.9. The van der Waals surface area contributed by atoms with Crippen molar-refractivity contribution in [2.75, 3.05) is 0 Å². The van der Waals surface area contributed by atoms with Gasteiger partial charge in [0.2, 0.25) is 0 Å². The van der Waals surface area contributed by atoms with E-state index in [0.717, 1.165) is 5.69 Å². The van der Waals surface area contributed by atoms with Crippen molar-refractivity contribution >= 4 is 17.6 Å². The molecule has 110 valence electrons. The molecule has 0 aliphatic rings. The first-order chi connectivity index (χ1) is 9.88. The predicted octanol–water partition coefficient (Wildman–Crippen LogP) is 3.50. The van der Waals surface area contributed by atoms with E-state index in [-0.39, 0.29) is 5.56 Å². The minimum absolute atomic E-state index is 0.206. The first-order valence-corrected chi connectivity index (χ1v) is 6.99. The van der Waals surface area contributed by atoms with Gasteiger partial charge in [-0.15, -0.1) is 0 Å². The highest BCUT2D eigenvalue weighted by Crippen LogP contribution is 2.27. The SMILES string of the molecule is CCn1c(C)c(C)c(=O)c(C(=O)O)c1-c1cccc(Cl)c1. The molecule has 0 unspecified atom stereocenters. The van der Waals surface area contributed by atoms with Crippen molar-refractivity contribution in [2.24, 2.45) is 0 Å². The molecule has 0 fully saturated rings. The topological polar surface area (TPSA) is 59.3 Å². The molecule has 0 saturated heterocycles. The fourth-order valence-electron chi connectivity index (χ4n) is 2.49. The Kier molecular flexibility index (Phi) is 4.19. The number of carbonyl (C=O) groups is 1. The van der Waals surface area contributed by atoms with Crippen LogP contribution in [0.5, 0.6) is 0 Å². The van der Waals surface area contributed by atoms with Crippen LogP contribution < -0.4 is 5.43 Å². The molecule has 0 spiro atoms. The van der Waals surface area contributed by atoms with Crippen LogP contribution in [-0.4, -0.2) is 15.6 Å². The maximum absolute atomic E-state index is 12.4. The molecule has 4 nitrogen and oxygen atoms in total. The van der Waals surface area contributed by atoms with Crippen LogP contribution in [0.3, 0.4) is 0 Å². The first kappa shape index (κ1) is 15.3. The van der Waals surface area contributed by atoms with E-state index in [9.17, 15) is 14.7 Å². The van der Waals surface area contributed by atoms with Crippen LogP contribution in [0.25, 0.3) is 11.3 Å². The second-order valence-corrected chi connectivity index (χ2v) is 5.26. The van der Waals surface area contributed by atoms with Gasteiger partial charge in [0, 0.05) is 28.4 Å². The molecule has 0 aliphatic carbocycles. The number of hydrogen-bond acceptors (Lipinski definition) is 2. The highest BCUT2D eigenvalue weighted by molar-refractivity contribution is 6.30. The molecule has 0 radical (unpaired) electrons. The number of carboxylic acid groups (broad SMARTS) is 1. The van der Waals surface area contributed by atoms with Crippen molar-refractivity contribution < 1.29 is 9.90 Å². The van der Waals surface area contributed by atoms with E-state index in [4.69, 9.17) is 11.6 Å². The molecule has 5 heteroatoms. The molecular formula is C16H16ClNO3. The summed E-state index contributed by atoms with van der Waals surface area (Å²) in [7, 11) is 0. The summed E-state index contributed by atoms with van der Waals surface area (Å²) < 4.78 is 1.84. The summed E-state index contributed by atoms with van der Waals surface area (Å²) in [5.41, 5.74) is 1.60. The smallest absolute Gasteiger partial charge is 0.341 e. The van der Waals surface area contributed by atoms with E-state index in [1.165, 1.54) is 0 Å². The lowest BCUT2D eigenvalue weighted by atomic mass is 10.0. The van der Waals surface area contributed by atoms with Gasteiger partial charge in [-0.05, 0) is 32.9 Å². The number of hydrogen-bond donors (Lipinski definition) is 1. The minimum atomic E-state index is -1.22. The van der Waals surface area contributed by atoms with Crippen LogP contribution in [0.4, 0.5) is 0 Å². The molecular weight excluding hydrogens is 290 g/mol.